The molecule has 0 saturated carbocycles. The summed E-state index contributed by atoms with van der Waals surface area (Å²) in [5, 5.41) is 0. The van der Waals surface area contributed by atoms with Crippen molar-refractivity contribution in [1.82, 2.24) is 10.3 Å². The molecule has 1 atom stereocenters. The average molecular weight is 277 g/mol. The van der Waals surface area contributed by atoms with Gasteiger partial charge in [0, 0.05) is 24.7 Å². The van der Waals surface area contributed by atoms with Gasteiger partial charge in [-0.1, -0.05) is 30.3 Å². The minimum atomic E-state index is 0.0350. The van der Waals surface area contributed by atoms with Gasteiger partial charge >= 0.3 is 0 Å². The molecule has 3 N–H and O–H groups in total. The van der Waals surface area contributed by atoms with E-state index in [1.807, 2.05) is 0 Å². The Bertz CT molecular complexity index is 388. The molecule has 1 aliphatic heterocycles. The van der Waals surface area contributed by atoms with Crippen LogP contribution < -0.4 is 11.3 Å². The van der Waals surface area contributed by atoms with Crippen LogP contribution in [0.5, 0.6) is 0 Å². The van der Waals surface area contributed by atoms with Crippen molar-refractivity contribution in [3.8, 4) is 0 Å². The molecule has 4 heteroatoms. The number of rotatable bonds is 6. The molecule has 2 rings (SSSR count). The van der Waals surface area contributed by atoms with Crippen molar-refractivity contribution < 1.29 is 4.74 Å². The lowest BCUT2D eigenvalue weighted by Crippen LogP contribution is -2.61. The number of benzene rings is 1. The molecule has 1 aliphatic rings. The Hall–Kier alpha value is -0.940. The van der Waals surface area contributed by atoms with E-state index in [2.05, 4.69) is 54.5 Å². The first kappa shape index (κ1) is 15.4. The first-order valence-electron chi connectivity index (χ1n) is 7.47. The molecule has 1 heterocycles. The van der Waals surface area contributed by atoms with Crippen LogP contribution in [0.15, 0.2) is 30.3 Å². The second kappa shape index (κ2) is 7.18. The lowest BCUT2D eigenvalue weighted by Gasteiger charge is -2.45. The number of morpholine rings is 1. The van der Waals surface area contributed by atoms with Gasteiger partial charge < -0.3 is 4.74 Å². The molecule has 0 radical (unpaired) electrons. The third-order valence-electron chi connectivity index (χ3n) is 4.44. The number of hydrogen-bond acceptors (Lipinski definition) is 4. The van der Waals surface area contributed by atoms with Gasteiger partial charge in [-0.2, -0.15) is 0 Å². The number of nitrogens with zero attached hydrogens (tertiary/aromatic N) is 1. The van der Waals surface area contributed by atoms with Crippen LogP contribution >= 0.6 is 0 Å². The molecular weight excluding hydrogens is 250 g/mol. The van der Waals surface area contributed by atoms with E-state index in [0.29, 0.717) is 0 Å². The summed E-state index contributed by atoms with van der Waals surface area (Å²) in [6, 6.07) is 10.9. The molecule has 20 heavy (non-hydrogen) atoms. The van der Waals surface area contributed by atoms with Crippen LogP contribution in [0.25, 0.3) is 0 Å². The van der Waals surface area contributed by atoms with Crippen LogP contribution in [-0.2, 0) is 11.2 Å². The van der Waals surface area contributed by atoms with Crippen molar-refractivity contribution in [2.45, 2.75) is 38.3 Å². The number of ether oxygens (including phenoxy) is 1. The number of nitrogens with one attached hydrogen (secondary N) is 1. The maximum Gasteiger partial charge on any atom is 0.0594 e. The van der Waals surface area contributed by atoms with Crippen LogP contribution in [0.2, 0.25) is 0 Å². The van der Waals surface area contributed by atoms with Crippen molar-refractivity contribution in [3.63, 3.8) is 0 Å². The number of hydrogen-bond donors (Lipinski definition) is 2. The Labute approximate surface area is 122 Å². The normalized spacial score (nSPS) is 18.9. The standard InChI is InChI=1S/C16H27N3O/c1-16(2,19-10-12-20-13-11-19)15(18-17)9-8-14-6-4-3-5-7-14/h3-7,15,18H,8-13,17H2,1-2H3. The third-order valence-corrected chi connectivity index (χ3v) is 4.44. The highest BCUT2D eigenvalue weighted by molar-refractivity contribution is 5.15. The van der Waals surface area contributed by atoms with Gasteiger partial charge in [-0.3, -0.25) is 16.2 Å². The molecule has 4 nitrogen and oxygen atoms in total. The Balaban J connectivity index is 1.95. The first-order chi connectivity index (χ1) is 9.64. The van der Waals surface area contributed by atoms with E-state index < -0.39 is 0 Å². The van der Waals surface area contributed by atoms with E-state index in [1.54, 1.807) is 0 Å². The SMILES string of the molecule is CC(C)(C(CCc1ccccc1)NN)N1CCOCC1. The fraction of sp³-hybridized carbons (Fsp3) is 0.625. The van der Waals surface area contributed by atoms with Crippen LogP contribution in [0, 0.1) is 0 Å². The predicted molar refractivity (Wildman–Crippen MR) is 82.3 cm³/mol. The summed E-state index contributed by atoms with van der Waals surface area (Å²) in [5.74, 6) is 5.82. The van der Waals surface area contributed by atoms with Gasteiger partial charge in [-0.05, 0) is 32.3 Å². The van der Waals surface area contributed by atoms with E-state index in [0.717, 1.165) is 39.1 Å². The molecule has 0 aliphatic carbocycles. The molecular formula is C16H27N3O. The van der Waals surface area contributed by atoms with E-state index in [4.69, 9.17) is 10.6 Å². The highest BCUT2D eigenvalue weighted by Gasteiger charge is 2.35. The van der Waals surface area contributed by atoms with Gasteiger partial charge in [-0.15, -0.1) is 0 Å². The zero-order valence-corrected chi connectivity index (χ0v) is 12.6. The van der Waals surface area contributed by atoms with Gasteiger partial charge in [0.25, 0.3) is 0 Å². The summed E-state index contributed by atoms with van der Waals surface area (Å²) < 4.78 is 5.44. The number of aryl methyl sites for hydroxylation is 1. The number of hydrazine groups is 1. The molecule has 1 aromatic rings. The van der Waals surface area contributed by atoms with Gasteiger partial charge in [0.2, 0.25) is 0 Å². The zero-order valence-electron chi connectivity index (χ0n) is 12.6. The summed E-state index contributed by atoms with van der Waals surface area (Å²) >= 11 is 0. The van der Waals surface area contributed by atoms with Gasteiger partial charge in [0.1, 0.15) is 0 Å². The molecule has 1 aromatic carbocycles. The quantitative estimate of drug-likeness (QED) is 0.612. The monoisotopic (exact) mass is 277 g/mol. The van der Waals surface area contributed by atoms with Crippen LogP contribution in [0.3, 0.4) is 0 Å². The van der Waals surface area contributed by atoms with Gasteiger partial charge in [-0.25, -0.2) is 0 Å². The summed E-state index contributed by atoms with van der Waals surface area (Å²) in [6.45, 7) is 8.15. The summed E-state index contributed by atoms with van der Waals surface area (Å²) in [4.78, 5) is 2.48. The maximum atomic E-state index is 5.82. The molecule has 112 valence electrons. The molecule has 0 aromatic heterocycles. The fourth-order valence-electron chi connectivity index (χ4n) is 2.96. The Morgan fingerprint density at radius 3 is 2.50 bits per heavy atom. The molecule has 1 fully saturated rings. The number of nitrogens with two attached hydrogens (primary N) is 1. The fourth-order valence-corrected chi connectivity index (χ4v) is 2.96. The topological polar surface area (TPSA) is 50.5 Å². The lowest BCUT2D eigenvalue weighted by atomic mass is 9.88. The smallest absolute Gasteiger partial charge is 0.0594 e. The zero-order chi connectivity index (χ0) is 14.4. The predicted octanol–water partition coefficient (Wildman–Crippen LogP) is 1.56. The highest BCUT2D eigenvalue weighted by atomic mass is 16.5. The molecule has 0 amide bonds. The molecule has 1 unspecified atom stereocenters. The van der Waals surface area contributed by atoms with Gasteiger partial charge in [0.05, 0.1) is 13.2 Å². The maximum absolute atomic E-state index is 5.82. The first-order valence-corrected chi connectivity index (χ1v) is 7.47. The average Bonchev–Trinajstić information content (AvgIpc) is 2.49. The second-order valence-corrected chi connectivity index (χ2v) is 6.00. The van der Waals surface area contributed by atoms with Crippen molar-refractivity contribution in [1.29, 1.82) is 0 Å². The Kier molecular flexibility index (Phi) is 5.54. The van der Waals surface area contributed by atoms with Crippen LogP contribution in [0.1, 0.15) is 25.8 Å². The van der Waals surface area contributed by atoms with Crippen molar-refractivity contribution in [2.24, 2.45) is 5.84 Å². The summed E-state index contributed by atoms with van der Waals surface area (Å²) in [5.41, 5.74) is 4.43. The van der Waals surface area contributed by atoms with Gasteiger partial charge in [0.15, 0.2) is 0 Å². The van der Waals surface area contributed by atoms with Crippen molar-refractivity contribution in [2.75, 3.05) is 26.3 Å². The summed E-state index contributed by atoms with van der Waals surface area (Å²) in [6.07, 6.45) is 2.08. The van der Waals surface area contributed by atoms with E-state index in [9.17, 15) is 0 Å². The summed E-state index contributed by atoms with van der Waals surface area (Å²) in [7, 11) is 0. The van der Waals surface area contributed by atoms with Crippen molar-refractivity contribution in [3.05, 3.63) is 35.9 Å². The molecule has 0 bridgehead atoms. The molecule has 0 spiro atoms. The minimum absolute atomic E-state index is 0.0350. The highest BCUT2D eigenvalue weighted by Crippen LogP contribution is 2.23. The van der Waals surface area contributed by atoms with E-state index in [-0.39, 0.29) is 11.6 Å². The van der Waals surface area contributed by atoms with Crippen molar-refractivity contribution >= 4 is 0 Å². The largest absolute Gasteiger partial charge is 0.379 e. The minimum Gasteiger partial charge on any atom is -0.379 e. The van der Waals surface area contributed by atoms with Crippen LogP contribution in [0.4, 0.5) is 0 Å². The Morgan fingerprint density at radius 2 is 1.90 bits per heavy atom. The van der Waals surface area contributed by atoms with E-state index >= 15 is 0 Å². The molecule has 1 saturated heterocycles. The Morgan fingerprint density at radius 1 is 1.25 bits per heavy atom. The lowest BCUT2D eigenvalue weighted by molar-refractivity contribution is -0.0243. The van der Waals surface area contributed by atoms with E-state index in [1.165, 1.54) is 5.56 Å². The van der Waals surface area contributed by atoms with Crippen LogP contribution in [-0.4, -0.2) is 42.8 Å². The second-order valence-electron chi connectivity index (χ2n) is 6.00. The third kappa shape index (κ3) is 3.79.